The number of anilines is 1. The second-order valence-electron chi connectivity index (χ2n) is 6.33. The lowest BCUT2D eigenvalue weighted by Gasteiger charge is -2.35. The molecule has 1 aromatic carbocycles. The molecule has 0 aliphatic carbocycles. The molecule has 1 aliphatic heterocycles. The van der Waals surface area contributed by atoms with Crippen molar-refractivity contribution in [2.24, 2.45) is 0 Å². The van der Waals surface area contributed by atoms with Gasteiger partial charge in [0.15, 0.2) is 0 Å². The molecule has 0 amide bonds. The first-order chi connectivity index (χ1) is 12.3. The Balaban J connectivity index is 2.32. The summed E-state index contributed by atoms with van der Waals surface area (Å²) in [5.74, 6) is 0. The first-order valence-corrected chi connectivity index (χ1v) is 10.5. The van der Waals surface area contributed by atoms with Crippen LogP contribution in [-0.4, -0.2) is 68.4 Å². The van der Waals surface area contributed by atoms with Gasteiger partial charge in [0.05, 0.1) is 9.82 Å². The van der Waals surface area contributed by atoms with Gasteiger partial charge in [-0.1, -0.05) is 20.8 Å². The van der Waals surface area contributed by atoms with Crippen molar-refractivity contribution in [2.75, 3.05) is 50.7 Å². The Labute approximate surface area is 155 Å². The van der Waals surface area contributed by atoms with E-state index in [1.54, 1.807) is 19.9 Å². The number of nitrogens with zero attached hydrogens (tertiary/aromatic N) is 4. The number of hydrogen-bond donors (Lipinski definition) is 0. The van der Waals surface area contributed by atoms with Crippen LogP contribution in [0.25, 0.3) is 0 Å². The summed E-state index contributed by atoms with van der Waals surface area (Å²) in [6.45, 7) is 10.4. The van der Waals surface area contributed by atoms with Gasteiger partial charge in [-0.25, -0.2) is 8.42 Å². The van der Waals surface area contributed by atoms with Crippen molar-refractivity contribution in [3.8, 4) is 0 Å². The Morgan fingerprint density at radius 2 is 1.73 bits per heavy atom. The van der Waals surface area contributed by atoms with E-state index in [-0.39, 0.29) is 10.6 Å². The van der Waals surface area contributed by atoms with Crippen molar-refractivity contribution in [2.45, 2.75) is 32.1 Å². The van der Waals surface area contributed by atoms with E-state index < -0.39 is 14.9 Å². The van der Waals surface area contributed by atoms with Crippen LogP contribution in [0.5, 0.6) is 0 Å². The van der Waals surface area contributed by atoms with Crippen molar-refractivity contribution < 1.29 is 13.3 Å². The molecule has 1 heterocycles. The van der Waals surface area contributed by atoms with Crippen LogP contribution >= 0.6 is 0 Å². The number of piperazine rings is 1. The van der Waals surface area contributed by atoms with Crippen LogP contribution in [0.3, 0.4) is 0 Å². The molecule has 0 saturated carbocycles. The zero-order valence-corrected chi connectivity index (χ0v) is 16.5. The van der Waals surface area contributed by atoms with Crippen molar-refractivity contribution in [1.29, 1.82) is 0 Å². The summed E-state index contributed by atoms with van der Waals surface area (Å²) in [4.78, 5) is 15.4. The van der Waals surface area contributed by atoms with Crippen LogP contribution in [-0.2, 0) is 10.0 Å². The topological polar surface area (TPSA) is 87.0 Å². The lowest BCUT2D eigenvalue weighted by molar-refractivity contribution is -0.384. The van der Waals surface area contributed by atoms with Crippen molar-refractivity contribution in [3.05, 3.63) is 28.3 Å². The average molecular weight is 385 g/mol. The molecule has 0 bridgehead atoms. The number of nitro groups is 1. The molecule has 0 aromatic heterocycles. The fraction of sp³-hybridized carbons (Fsp3) is 0.647. The van der Waals surface area contributed by atoms with Gasteiger partial charge in [-0.15, -0.1) is 0 Å². The van der Waals surface area contributed by atoms with Crippen LogP contribution in [0, 0.1) is 10.1 Å². The van der Waals surface area contributed by atoms with Gasteiger partial charge in [0, 0.05) is 45.3 Å². The first kappa shape index (κ1) is 20.6. The molecule has 1 saturated heterocycles. The van der Waals surface area contributed by atoms with Gasteiger partial charge < -0.3 is 4.90 Å². The average Bonchev–Trinajstić information content (AvgIpc) is 2.63. The van der Waals surface area contributed by atoms with Gasteiger partial charge in [0.2, 0.25) is 10.0 Å². The van der Waals surface area contributed by atoms with Crippen LogP contribution in [0.2, 0.25) is 0 Å². The van der Waals surface area contributed by atoms with Gasteiger partial charge in [-0.3, -0.25) is 15.0 Å². The Hall–Kier alpha value is -1.71. The summed E-state index contributed by atoms with van der Waals surface area (Å²) in [5, 5.41) is 11.6. The Kier molecular flexibility index (Phi) is 6.96. The number of hydrogen-bond acceptors (Lipinski definition) is 6. The largest absolute Gasteiger partial charge is 0.363 e. The third-order valence-electron chi connectivity index (χ3n) is 4.74. The highest BCUT2D eigenvalue weighted by atomic mass is 32.2. The molecule has 0 spiro atoms. The molecule has 0 atom stereocenters. The van der Waals surface area contributed by atoms with Crippen LogP contribution in [0.4, 0.5) is 11.4 Å². The highest BCUT2D eigenvalue weighted by Gasteiger charge is 2.28. The quantitative estimate of drug-likeness (QED) is 0.504. The first-order valence-electron chi connectivity index (χ1n) is 9.11. The molecule has 0 unspecified atom stereocenters. The second kappa shape index (κ2) is 8.79. The molecular weight excluding hydrogens is 356 g/mol. The van der Waals surface area contributed by atoms with E-state index in [9.17, 15) is 18.5 Å². The maximum Gasteiger partial charge on any atom is 0.293 e. The fourth-order valence-corrected chi connectivity index (χ4v) is 4.80. The van der Waals surface area contributed by atoms with Gasteiger partial charge in [-0.05, 0) is 25.1 Å². The van der Waals surface area contributed by atoms with Crippen LogP contribution < -0.4 is 4.90 Å². The second-order valence-corrected chi connectivity index (χ2v) is 8.26. The van der Waals surface area contributed by atoms with Crippen molar-refractivity contribution >= 4 is 21.4 Å². The summed E-state index contributed by atoms with van der Waals surface area (Å²) in [5.41, 5.74) is 0.340. The smallest absolute Gasteiger partial charge is 0.293 e. The number of nitro benzene ring substituents is 1. The molecule has 9 heteroatoms. The molecule has 1 fully saturated rings. The maximum atomic E-state index is 12.7. The van der Waals surface area contributed by atoms with Gasteiger partial charge in [-0.2, -0.15) is 4.31 Å². The van der Waals surface area contributed by atoms with Gasteiger partial charge in [0.25, 0.3) is 5.69 Å². The summed E-state index contributed by atoms with van der Waals surface area (Å²) in [6.07, 6.45) is 1.08. The van der Waals surface area contributed by atoms with E-state index in [2.05, 4.69) is 11.8 Å². The summed E-state index contributed by atoms with van der Waals surface area (Å²) >= 11 is 0. The third kappa shape index (κ3) is 4.33. The predicted molar refractivity (Wildman–Crippen MR) is 102 cm³/mol. The third-order valence-corrected chi connectivity index (χ3v) is 6.79. The Morgan fingerprint density at radius 3 is 2.23 bits per heavy atom. The SMILES string of the molecule is CCCN1CCN(c2ccc(S(=O)(=O)N(CC)CC)cc2[N+](=O)[O-])CC1. The minimum Gasteiger partial charge on any atom is -0.363 e. The monoisotopic (exact) mass is 384 g/mol. The maximum absolute atomic E-state index is 12.7. The van der Waals surface area contributed by atoms with Crippen molar-refractivity contribution in [1.82, 2.24) is 9.21 Å². The number of sulfonamides is 1. The van der Waals surface area contributed by atoms with Crippen LogP contribution in [0.15, 0.2) is 23.1 Å². The number of rotatable bonds is 8. The van der Waals surface area contributed by atoms with E-state index >= 15 is 0 Å². The zero-order chi connectivity index (χ0) is 19.3. The minimum atomic E-state index is -3.72. The molecule has 0 radical (unpaired) electrons. The zero-order valence-electron chi connectivity index (χ0n) is 15.7. The highest BCUT2D eigenvalue weighted by molar-refractivity contribution is 7.89. The van der Waals surface area contributed by atoms with Gasteiger partial charge >= 0.3 is 0 Å². The fourth-order valence-electron chi connectivity index (χ4n) is 3.32. The van der Waals surface area contributed by atoms with E-state index in [1.807, 2.05) is 4.90 Å². The molecule has 1 aliphatic rings. The van der Waals surface area contributed by atoms with E-state index in [1.165, 1.54) is 16.4 Å². The number of benzene rings is 1. The van der Waals surface area contributed by atoms with Crippen LogP contribution in [0.1, 0.15) is 27.2 Å². The van der Waals surface area contributed by atoms with E-state index in [4.69, 9.17) is 0 Å². The Morgan fingerprint density at radius 1 is 1.12 bits per heavy atom. The summed E-state index contributed by atoms with van der Waals surface area (Å²) in [7, 11) is -3.72. The molecule has 0 N–H and O–H groups in total. The molecule has 26 heavy (non-hydrogen) atoms. The lowest BCUT2D eigenvalue weighted by atomic mass is 10.2. The minimum absolute atomic E-state index is 0.0266. The molecular formula is C17H28N4O4S. The standard InChI is InChI=1S/C17H28N4O4S/c1-4-9-18-10-12-19(13-11-18)16-8-7-15(14-17(16)21(22)23)26(24,25)20(5-2)6-3/h7-8,14H,4-6,9-13H2,1-3H3. The molecule has 146 valence electrons. The Bertz CT molecular complexity index is 726. The van der Waals surface area contributed by atoms with E-state index in [0.717, 1.165) is 26.1 Å². The van der Waals surface area contributed by atoms with Gasteiger partial charge in [0.1, 0.15) is 5.69 Å². The van der Waals surface area contributed by atoms with E-state index in [0.29, 0.717) is 31.9 Å². The summed E-state index contributed by atoms with van der Waals surface area (Å²) < 4.78 is 26.6. The van der Waals surface area contributed by atoms with Crippen molar-refractivity contribution in [3.63, 3.8) is 0 Å². The molecule has 2 rings (SSSR count). The molecule has 8 nitrogen and oxygen atoms in total. The predicted octanol–water partition coefficient (Wildman–Crippen LogP) is 2.16. The summed E-state index contributed by atoms with van der Waals surface area (Å²) in [6, 6.07) is 4.25. The highest BCUT2D eigenvalue weighted by Crippen LogP contribution is 2.32. The normalized spacial score (nSPS) is 16.2. The molecule has 1 aromatic rings. The lowest BCUT2D eigenvalue weighted by Crippen LogP contribution is -2.46.